The van der Waals surface area contributed by atoms with Gasteiger partial charge in [-0.15, -0.1) is 11.3 Å². The fraction of sp³-hybridized carbons (Fsp3) is 0.133. The minimum absolute atomic E-state index is 0.228. The Labute approximate surface area is 125 Å². The lowest BCUT2D eigenvalue weighted by Crippen LogP contribution is -2.14. The average Bonchev–Trinajstić information content (AvgIpc) is 2.98. The van der Waals surface area contributed by atoms with Crippen molar-refractivity contribution in [1.29, 1.82) is 0 Å². The van der Waals surface area contributed by atoms with Crippen LogP contribution in [0.1, 0.15) is 27.0 Å². The minimum Gasteiger partial charge on any atom is -0.454 e. The van der Waals surface area contributed by atoms with Crippen LogP contribution in [0.25, 0.3) is 0 Å². The third-order valence-electron chi connectivity index (χ3n) is 2.55. The molecule has 2 rings (SSSR count). The van der Waals surface area contributed by atoms with Crippen LogP contribution < -0.4 is 5.32 Å². The summed E-state index contributed by atoms with van der Waals surface area (Å²) in [7, 11) is 0. The van der Waals surface area contributed by atoms with E-state index >= 15 is 0 Å². The van der Waals surface area contributed by atoms with Gasteiger partial charge in [-0.3, -0.25) is 9.59 Å². The smallest absolute Gasteiger partial charge is 0.338 e. The second kappa shape index (κ2) is 6.81. The van der Waals surface area contributed by atoms with Gasteiger partial charge in [0.15, 0.2) is 6.61 Å². The Balaban J connectivity index is 1.97. The van der Waals surface area contributed by atoms with Crippen LogP contribution in [0.5, 0.6) is 0 Å². The summed E-state index contributed by atoms with van der Waals surface area (Å²) in [5.74, 6) is -1.07. The second-order valence-electron chi connectivity index (χ2n) is 4.24. The molecule has 0 bridgehead atoms. The van der Waals surface area contributed by atoms with Gasteiger partial charge in [0.25, 0.3) is 0 Å². The van der Waals surface area contributed by atoms with Gasteiger partial charge in [-0.2, -0.15) is 0 Å². The first-order valence-corrected chi connectivity index (χ1v) is 7.05. The van der Waals surface area contributed by atoms with Gasteiger partial charge >= 0.3 is 5.97 Å². The molecule has 0 radical (unpaired) electrons. The molecule has 0 aliphatic heterocycles. The van der Waals surface area contributed by atoms with E-state index in [1.54, 1.807) is 35.7 Å². The molecule has 0 saturated carbocycles. The van der Waals surface area contributed by atoms with Crippen molar-refractivity contribution in [1.82, 2.24) is 0 Å². The van der Waals surface area contributed by atoms with Crippen LogP contribution in [0.2, 0.25) is 0 Å². The molecule has 1 heterocycles. The van der Waals surface area contributed by atoms with Crippen molar-refractivity contribution >= 4 is 34.7 Å². The summed E-state index contributed by atoms with van der Waals surface area (Å²) in [6, 6.07) is 9.79. The molecular weight excluding hydrogens is 290 g/mol. The first-order valence-electron chi connectivity index (χ1n) is 6.18. The summed E-state index contributed by atoms with van der Waals surface area (Å²) in [5, 5.41) is 4.36. The zero-order chi connectivity index (χ0) is 15.2. The molecule has 1 aromatic carbocycles. The van der Waals surface area contributed by atoms with Crippen LogP contribution in [-0.4, -0.2) is 24.3 Å². The first kappa shape index (κ1) is 14.9. The first-order chi connectivity index (χ1) is 10.1. The van der Waals surface area contributed by atoms with E-state index in [1.807, 2.05) is 0 Å². The van der Waals surface area contributed by atoms with E-state index < -0.39 is 5.97 Å². The number of carbonyl (C=O) groups excluding carboxylic acids is 3. The fourth-order valence-electron chi connectivity index (χ4n) is 1.65. The molecule has 0 atom stereocenters. The number of Topliss-reactive ketones (excluding diaryl/α,β-unsaturated/α-hetero) is 1. The molecule has 1 amide bonds. The number of ether oxygens (including phenoxy) is 1. The highest BCUT2D eigenvalue weighted by atomic mass is 32.1. The van der Waals surface area contributed by atoms with E-state index in [0.29, 0.717) is 10.6 Å². The zero-order valence-electron chi connectivity index (χ0n) is 11.3. The van der Waals surface area contributed by atoms with Crippen molar-refractivity contribution in [2.24, 2.45) is 0 Å². The van der Waals surface area contributed by atoms with Gasteiger partial charge in [-0.25, -0.2) is 4.79 Å². The highest BCUT2D eigenvalue weighted by Gasteiger charge is 2.13. The predicted molar refractivity (Wildman–Crippen MR) is 79.7 cm³/mol. The Morgan fingerprint density at radius 3 is 2.67 bits per heavy atom. The number of thiophene rings is 1. The number of benzene rings is 1. The predicted octanol–water partition coefficient (Wildman–Crippen LogP) is 2.75. The Hall–Kier alpha value is -2.47. The number of carbonyl (C=O) groups is 3. The van der Waals surface area contributed by atoms with Gasteiger partial charge in [0, 0.05) is 12.6 Å². The molecule has 0 fully saturated rings. The van der Waals surface area contributed by atoms with E-state index in [-0.39, 0.29) is 23.9 Å². The van der Waals surface area contributed by atoms with Gasteiger partial charge in [-0.05, 0) is 29.6 Å². The Morgan fingerprint density at radius 2 is 2.00 bits per heavy atom. The SMILES string of the molecule is CC(=O)Nc1cccc(C(=O)OCC(=O)c2cccs2)c1. The molecule has 0 spiro atoms. The zero-order valence-corrected chi connectivity index (χ0v) is 12.1. The standard InChI is InChI=1S/C15H13NO4S/c1-10(17)16-12-5-2-4-11(8-12)15(19)20-9-13(18)14-6-3-7-21-14/h2-8H,9H2,1H3,(H,16,17). The summed E-state index contributed by atoms with van der Waals surface area (Å²) in [6.45, 7) is 1.08. The van der Waals surface area contributed by atoms with E-state index in [2.05, 4.69) is 5.32 Å². The van der Waals surface area contributed by atoms with Crippen molar-refractivity contribution in [3.63, 3.8) is 0 Å². The number of rotatable bonds is 5. The van der Waals surface area contributed by atoms with Crippen molar-refractivity contribution in [2.75, 3.05) is 11.9 Å². The third kappa shape index (κ3) is 4.25. The molecule has 5 nitrogen and oxygen atoms in total. The quantitative estimate of drug-likeness (QED) is 0.681. The summed E-state index contributed by atoms with van der Waals surface area (Å²) < 4.78 is 4.98. The van der Waals surface area contributed by atoms with E-state index in [0.717, 1.165) is 0 Å². The van der Waals surface area contributed by atoms with E-state index in [1.165, 1.54) is 24.3 Å². The van der Waals surface area contributed by atoms with Gasteiger partial charge in [-0.1, -0.05) is 12.1 Å². The maximum Gasteiger partial charge on any atom is 0.338 e. The maximum absolute atomic E-state index is 11.9. The normalized spacial score (nSPS) is 9.95. The van der Waals surface area contributed by atoms with Crippen LogP contribution in [0.15, 0.2) is 41.8 Å². The van der Waals surface area contributed by atoms with Crippen molar-refractivity contribution in [2.45, 2.75) is 6.92 Å². The van der Waals surface area contributed by atoms with Crippen LogP contribution in [0, 0.1) is 0 Å². The number of nitrogens with one attached hydrogen (secondary N) is 1. The molecule has 108 valence electrons. The number of amides is 1. The van der Waals surface area contributed by atoms with Gasteiger partial charge < -0.3 is 10.1 Å². The molecule has 0 unspecified atom stereocenters. The lowest BCUT2D eigenvalue weighted by atomic mass is 10.2. The monoisotopic (exact) mass is 303 g/mol. The number of esters is 1. The molecular formula is C15H13NO4S. The summed E-state index contributed by atoms with van der Waals surface area (Å²) in [6.07, 6.45) is 0. The number of anilines is 1. The summed E-state index contributed by atoms with van der Waals surface area (Å²) in [4.78, 5) is 35.1. The topological polar surface area (TPSA) is 72.5 Å². The van der Waals surface area contributed by atoms with E-state index in [4.69, 9.17) is 4.74 Å². The van der Waals surface area contributed by atoms with Crippen LogP contribution >= 0.6 is 11.3 Å². The lowest BCUT2D eigenvalue weighted by molar-refractivity contribution is -0.114. The van der Waals surface area contributed by atoms with Gasteiger partial charge in [0.1, 0.15) is 0 Å². The largest absolute Gasteiger partial charge is 0.454 e. The van der Waals surface area contributed by atoms with Crippen molar-refractivity contribution < 1.29 is 19.1 Å². The Morgan fingerprint density at radius 1 is 1.19 bits per heavy atom. The molecule has 0 aliphatic rings. The van der Waals surface area contributed by atoms with E-state index in [9.17, 15) is 14.4 Å². The average molecular weight is 303 g/mol. The maximum atomic E-state index is 11.9. The molecule has 6 heteroatoms. The number of hydrogen-bond acceptors (Lipinski definition) is 5. The highest BCUT2D eigenvalue weighted by Crippen LogP contribution is 2.13. The highest BCUT2D eigenvalue weighted by molar-refractivity contribution is 7.12. The lowest BCUT2D eigenvalue weighted by Gasteiger charge is -2.06. The van der Waals surface area contributed by atoms with Crippen molar-refractivity contribution in [3.8, 4) is 0 Å². The Bertz CT molecular complexity index is 664. The van der Waals surface area contributed by atoms with Crippen molar-refractivity contribution in [3.05, 3.63) is 52.2 Å². The second-order valence-corrected chi connectivity index (χ2v) is 5.19. The third-order valence-corrected chi connectivity index (χ3v) is 3.46. The fourth-order valence-corrected chi connectivity index (χ4v) is 2.30. The summed E-state index contributed by atoms with van der Waals surface area (Å²) >= 11 is 1.30. The molecule has 0 saturated heterocycles. The summed E-state index contributed by atoms with van der Waals surface area (Å²) in [5.41, 5.74) is 0.779. The van der Waals surface area contributed by atoms with Crippen LogP contribution in [0.4, 0.5) is 5.69 Å². The minimum atomic E-state index is -0.605. The van der Waals surface area contributed by atoms with Crippen LogP contribution in [0.3, 0.4) is 0 Å². The molecule has 1 aromatic heterocycles. The number of ketones is 1. The molecule has 1 N–H and O–H groups in total. The molecule has 21 heavy (non-hydrogen) atoms. The van der Waals surface area contributed by atoms with Gasteiger partial charge in [0.05, 0.1) is 10.4 Å². The number of hydrogen-bond donors (Lipinski definition) is 1. The Kier molecular flexibility index (Phi) is 4.84. The molecule has 0 aliphatic carbocycles. The van der Waals surface area contributed by atoms with Gasteiger partial charge in [0.2, 0.25) is 11.7 Å². The molecule has 2 aromatic rings. The van der Waals surface area contributed by atoms with Crippen LogP contribution in [-0.2, 0) is 9.53 Å².